The Kier molecular flexibility index (Phi) is 5.05. The van der Waals surface area contributed by atoms with Gasteiger partial charge in [0.15, 0.2) is 0 Å². The summed E-state index contributed by atoms with van der Waals surface area (Å²) in [6.45, 7) is 7.94. The van der Waals surface area contributed by atoms with E-state index in [0.717, 1.165) is 44.3 Å². The number of rotatable bonds is 3. The van der Waals surface area contributed by atoms with Crippen molar-refractivity contribution in [3.8, 4) is 0 Å². The minimum absolute atomic E-state index is 0.0651. The Morgan fingerprint density at radius 3 is 2.44 bits per heavy atom. The number of hydrogen-bond donors (Lipinski definition) is 2. The van der Waals surface area contributed by atoms with E-state index in [9.17, 15) is 5.11 Å². The minimum Gasteiger partial charge on any atom is -0.393 e. The average molecular weight is 254 g/mol. The number of likely N-dealkylation sites (tertiary alicyclic amines) is 1. The van der Waals surface area contributed by atoms with Gasteiger partial charge in [-0.15, -0.1) is 0 Å². The molecule has 18 heavy (non-hydrogen) atoms. The molecule has 2 aliphatic rings. The summed E-state index contributed by atoms with van der Waals surface area (Å²) in [4.78, 5) is 2.51. The van der Waals surface area contributed by atoms with E-state index in [1.807, 2.05) is 0 Å². The Morgan fingerprint density at radius 2 is 1.83 bits per heavy atom. The van der Waals surface area contributed by atoms with Crippen molar-refractivity contribution in [3.05, 3.63) is 0 Å². The van der Waals surface area contributed by atoms with Crippen molar-refractivity contribution >= 4 is 0 Å². The van der Waals surface area contributed by atoms with Crippen LogP contribution in [0.25, 0.3) is 0 Å². The molecule has 2 fully saturated rings. The van der Waals surface area contributed by atoms with Gasteiger partial charge in [-0.05, 0) is 49.9 Å². The second-order valence-electron chi connectivity index (χ2n) is 6.77. The molecule has 0 radical (unpaired) electrons. The number of nitrogens with two attached hydrogens (primary N) is 1. The third kappa shape index (κ3) is 3.69. The molecule has 0 aromatic rings. The van der Waals surface area contributed by atoms with E-state index in [0.29, 0.717) is 12.0 Å². The molecular weight excluding hydrogens is 224 g/mol. The lowest BCUT2D eigenvalue weighted by atomic mass is 9.73. The predicted molar refractivity (Wildman–Crippen MR) is 75.3 cm³/mol. The van der Waals surface area contributed by atoms with E-state index in [2.05, 4.69) is 18.7 Å². The van der Waals surface area contributed by atoms with Crippen molar-refractivity contribution in [1.29, 1.82) is 0 Å². The van der Waals surface area contributed by atoms with Crippen molar-refractivity contribution in [2.45, 2.75) is 58.1 Å². The molecule has 1 aliphatic heterocycles. The smallest absolute Gasteiger partial charge is 0.0564 e. The van der Waals surface area contributed by atoms with Crippen LogP contribution in [0.1, 0.15) is 46.0 Å². The normalized spacial score (nSPS) is 36.2. The van der Waals surface area contributed by atoms with E-state index in [4.69, 9.17) is 5.73 Å². The van der Waals surface area contributed by atoms with Crippen LogP contribution in [0.3, 0.4) is 0 Å². The monoisotopic (exact) mass is 254 g/mol. The molecule has 1 aliphatic carbocycles. The first-order chi connectivity index (χ1) is 8.56. The van der Waals surface area contributed by atoms with Crippen LogP contribution in [0, 0.1) is 17.8 Å². The average Bonchev–Trinajstić information content (AvgIpc) is 2.34. The maximum Gasteiger partial charge on any atom is 0.0564 e. The fourth-order valence-corrected chi connectivity index (χ4v) is 3.57. The summed E-state index contributed by atoms with van der Waals surface area (Å²) in [7, 11) is 0. The van der Waals surface area contributed by atoms with Crippen molar-refractivity contribution in [2.75, 3.05) is 19.6 Å². The summed E-state index contributed by atoms with van der Waals surface area (Å²) in [6.07, 6.45) is 5.63. The summed E-state index contributed by atoms with van der Waals surface area (Å²) in [6, 6.07) is 0.395. The first-order valence-corrected chi connectivity index (χ1v) is 7.72. The first kappa shape index (κ1) is 14.3. The summed E-state index contributed by atoms with van der Waals surface area (Å²) < 4.78 is 0. The summed E-state index contributed by atoms with van der Waals surface area (Å²) >= 11 is 0. The quantitative estimate of drug-likeness (QED) is 0.808. The van der Waals surface area contributed by atoms with E-state index in [1.54, 1.807) is 0 Å². The lowest BCUT2D eigenvalue weighted by molar-refractivity contribution is 0.0614. The third-order valence-corrected chi connectivity index (χ3v) is 5.07. The van der Waals surface area contributed by atoms with Gasteiger partial charge in [-0.1, -0.05) is 13.8 Å². The number of aliphatic hydroxyl groups excluding tert-OH is 1. The van der Waals surface area contributed by atoms with Gasteiger partial charge < -0.3 is 15.7 Å². The lowest BCUT2D eigenvalue weighted by Crippen LogP contribution is -2.46. The van der Waals surface area contributed by atoms with Gasteiger partial charge in [0.2, 0.25) is 0 Å². The molecular formula is C15H30N2O. The van der Waals surface area contributed by atoms with Crippen molar-refractivity contribution < 1.29 is 5.11 Å². The molecule has 0 aromatic heterocycles. The highest BCUT2D eigenvalue weighted by Crippen LogP contribution is 2.33. The fraction of sp³-hybridized carbons (Fsp3) is 1.00. The summed E-state index contributed by atoms with van der Waals surface area (Å²) in [5.74, 6) is 2.33. The molecule has 1 saturated heterocycles. The molecule has 3 nitrogen and oxygen atoms in total. The zero-order valence-electron chi connectivity index (χ0n) is 12.0. The van der Waals surface area contributed by atoms with Crippen LogP contribution < -0.4 is 5.73 Å². The van der Waals surface area contributed by atoms with Crippen LogP contribution in [0.15, 0.2) is 0 Å². The number of hydrogen-bond acceptors (Lipinski definition) is 3. The number of nitrogens with zero attached hydrogens (tertiary/aromatic N) is 1. The summed E-state index contributed by atoms with van der Waals surface area (Å²) in [5, 5.41) is 9.55. The van der Waals surface area contributed by atoms with Crippen LogP contribution in [-0.2, 0) is 0 Å². The molecule has 0 amide bonds. The van der Waals surface area contributed by atoms with Crippen LogP contribution >= 0.6 is 0 Å². The standard InChI is InChI=1S/C15H30N2O/c1-11(2)12-3-4-15(16)13(9-12)10-17-7-5-14(18)6-8-17/h11-15,18H,3-10,16H2,1-2H3. The van der Waals surface area contributed by atoms with Crippen molar-refractivity contribution in [2.24, 2.45) is 23.5 Å². The Labute approximate surface area is 112 Å². The zero-order valence-corrected chi connectivity index (χ0v) is 12.0. The predicted octanol–water partition coefficient (Wildman–Crippen LogP) is 1.84. The van der Waals surface area contributed by atoms with Gasteiger partial charge in [-0.25, -0.2) is 0 Å². The molecule has 2 rings (SSSR count). The Balaban J connectivity index is 1.83. The molecule has 3 heteroatoms. The molecule has 1 saturated carbocycles. The molecule has 0 aromatic carbocycles. The SMILES string of the molecule is CC(C)C1CCC(N)C(CN2CCC(O)CC2)C1. The van der Waals surface area contributed by atoms with Gasteiger partial charge in [0.1, 0.15) is 0 Å². The summed E-state index contributed by atoms with van der Waals surface area (Å²) in [5.41, 5.74) is 6.31. The Morgan fingerprint density at radius 1 is 1.17 bits per heavy atom. The second kappa shape index (κ2) is 6.36. The number of aliphatic hydroxyl groups is 1. The first-order valence-electron chi connectivity index (χ1n) is 7.72. The number of piperidine rings is 1. The van der Waals surface area contributed by atoms with Gasteiger partial charge in [-0.2, -0.15) is 0 Å². The lowest BCUT2D eigenvalue weighted by Gasteiger charge is -2.40. The maximum atomic E-state index is 9.55. The maximum absolute atomic E-state index is 9.55. The largest absolute Gasteiger partial charge is 0.393 e. The molecule has 3 unspecified atom stereocenters. The van der Waals surface area contributed by atoms with Gasteiger partial charge in [0.05, 0.1) is 6.10 Å². The highest BCUT2D eigenvalue weighted by molar-refractivity contribution is 4.86. The van der Waals surface area contributed by atoms with Crippen molar-refractivity contribution in [3.63, 3.8) is 0 Å². The van der Waals surface area contributed by atoms with Gasteiger partial charge >= 0.3 is 0 Å². The highest BCUT2D eigenvalue weighted by Gasteiger charge is 2.31. The molecule has 106 valence electrons. The van der Waals surface area contributed by atoms with Crippen LogP contribution in [0.5, 0.6) is 0 Å². The molecule has 0 bridgehead atoms. The third-order valence-electron chi connectivity index (χ3n) is 5.07. The molecule has 3 atom stereocenters. The van der Waals surface area contributed by atoms with Gasteiger partial charge in [0.25, 0.3) is 0 Å². The van der Waals surface area contributed by atoms with Crippen LogP contribution in [0.2, 0.25) is 0 Å². The highest BCUT2D eigenvalue weighted by atomic mass is 16.3. The minimum atomic E-state index is -0.0651. The fourth-order valence-electron chi connectivity index (χ4n) is 3.57. The topological polar surface area (TPSA) is 49.5 Å². The van der Waals surface area contributed by atoms with E-state index in [-0.39, 0.29) is 6.10 Å². The van der Waals surface area contributed by atoms with Gasteiger partial charge in [-0.3, -0.25) is 0 Å². The second-order valence-corrected chi connectivity index (χ2v) is 6.77. The van der Waals surface area contributed by atoms with Crippen molar-refractivity contribution in [1.82, 2.24) is 4.90 Å². The van der Waals surface area contributed by atoms with E-state index in [1.165, 1.54) is 19.3 Å². The zero-order chi connectivity index (χ0) is 13.1. The Bertz CT molecular complexity index is 249. The van der Waals surface area contributed by atoms with Crippen LogP contribution in [0.4, 0.5) is 0 Å². The molecule has 3 N–H and O–H groups in total. The van der Waals surface area contributed by atoms with Gasteiger partial charge in [0, 0.05) is 25.7 Å². The van der Waals surface area contributed by atoms with E-state index < -0.39 is 0 Å². The molecule has 1 heterocycles. The van der Waals surface area contributed by atoms with E-state index >= 15 is 0 Å². The molecule has 0 spiro atoms. The van der Waals surface area contributed by atoms with Crippen LogP contribution in [-0.4, -0.2) is 41.8 Å². The Hall–Kier alpha value is -0.120.